The molecule has 2 aliphatic rings. The highest BCUT2D eigenvalue weighted by atomic mass is 35.5. The van der Waals surface area contributed by atoms with Crippen molar-refractivity contribution in [2.75, 3.05) is 5.32 Å². The lowest BCUT2D eigenvalue weighted by Crippen LogP contribution is -2.37. The van der Waals surface area contributed by atoms with E-state index in [1.165, 1.54) is 24.3 Å². The molecule has 0 bridgehead atoms. The minimum atomic E-state index is -0.607. The van der Waals surface area contributed by atoms with Gasteiger partial charge in [0.2, 0.25) is 0 Å². The highest BCUT2D eigenvalue weighted by Crippen LogP contribution is 2.47. The van der Waals surface area contributed by atoms with Crippen molar-refractivity contribution in [3.63, 3.8) is 0 Å². The van der Waals surface area contributed by atoms with Crippen molar-refractivity contribution in [3.8, 4) is 0 Å². The Morgan fingerprint density at radius 3 is 2.37 bits per heavy atom. The van der Waals surface area contributed by atoms with Gasteiger partial charge in [0.15, 0.2) is 5.78 Å². The monoisotopic (exact) mass is 486 g/mol. The number of nitrogens with one attached hydrogen (secondary N) is 2. The zero-order chi connectivity index (χ0) is 24.5. The molecule has 5 rings (SSSR count). The maximum absolute atomic E-state index is 13.6. The van der Waals surface area contributed by atoms with Crippen LogP contribution in [0.25, 0.3) is 0 Å². The van der Waals surface area contributed by atoms with Gasteiger partial charge in [-0.15, -0.1) is 0 Å². The molecular formula is C29H24ClFN2O2. The normalized spacial score (nSPS) is 19.8. The molecule has 2 N–H and O–H groups in total. The van der Waals surface area contributed by atoms with Crippen molar-refractivity contribution >= 4 is 29.0 Å². The summed E-state index contributed by atoms with van der Waals surface area (Å²) in [6.07, 6.45) is 1.02. The fraction of sp³-hybridized carbons (Fsp3) is 0.172. The van der Waals surface area contributed by atoms with Gasteiger partial charge >= 0.3 is 0 Å². The van der Waals surface area contributed by atoms with Crippen molar-refractivity contribution < 1.29 is 14.0 Å². The van der Waals surface area contributed by atoms with Gasteiger partial charge in [-0.3, -0.25) is 9.59 Å². The second-order valence-corrected chi connectivity index (χ2v) is 9.32. The number of ketones is 1. The molecule has 35 heavy (non-hydrogen) atoms. The van der Waals surface area contributed by atoms with Crippen LogP contribution in [0.1, 0.15) is 42.7 Å². The molecule has 3 aromatic carbocycles. The molecule has 1 aliphatic heterocycles. The van der Waals surface area contributed by atoms with Crippen LogP contribution in [0.2, 0.25) is 5.02 Å². The van der Waals surface area contributed by atoms with E-state index in [1.807, 2.05) is 55.5 Å². The van der Waals surface area contributed by atoms with Gasteiger partial charge in [-0.25, -0.2) is 4.39 Å². The van der Waals surface area contributed by atoms with E-state index in [9.17, 15) is 14.0 Å². The van der Waals surface area contributed by atoms with E-state index in [1.54, 1.807) is 6.07 Å². The number of halogens is 2. The molecule has 0 fully saturated rings. The Balaban J connectivity index is 1.57. The highest BCUT2D eigenvalue weighted by molar-refractivity contribution is 6.31. The number of allylic oxidation sites excluding steroid dienone is 3. The van der Waals surface area contributed by atoms with Gasteiger partial charge in [-0.1, -0.05) is 60.1 Å². The first-order valence-electron chi connectivity index (χ1n) is 11.5. The van der Waals surface area contributed by atoms with Crippen LogP contribution >= 0.6 is 11.6 Å². The second kappa shape index (κ2) is 9.51. The highest BCUT2D eigenvalue weighted by Gasteiger charge is 2.41. The number of dihydropyridines is 1. The number of rotatable bonds is 4. The Bertz CT molecular complexity index is 1360. The Morgan fingerprint density at radius 1 is 0.971 bits per heavy atom. The summed E-state index contributed by atoms with van der Waals surface area (Å²) >= 11 is 6.61. The van der Waals surface area contributed by atoms with Gasteiger partial charge in [0, 0.05) is 45.6 Å². The first kappa shape index (κ1) is 23.1. The van der Waals surface area contributed by atoms with Gasteiger partial charge in [0.05, 0.1) is 0 Å². The van der Waals surface area contributed by atoms with E-state index in [0.29, 0.717) is 46.0 Å². The van der Waals surface area contributed by atoms with E-state index in [2.05, 4.69) is 10.6 Å². The summed E-state index contributed by atoms with van der Waals surface area (Å²) in [5.41, 5.74) is 4.79. The minimum Gasteiger partial charge on any atom is -0.362 e. The average molecular weight is 487 g/mol. The Kier molecular flexibility index (Phi) is 6.27. The van der Waals surface area contributed by atoms with Crippen LogP contribution in [0.3, 0.4) is 0 Å². The smallest absolute Gasteiger partial charge is 0.254 e. The summed E-state index contributed by atoms with van der Waals surface area (Å²) < 4.78 is 13.4. The van der Waals surface area contributed by atoms with Crippen LogP contribution in [0.4, 0.5) is 10.1 Å². The first-order valence-corrected chi connectivity index (χ1v) is 11.9. The number of carbonyl (C=O) groups is 2. The number of carbonyl (C=O) groups excluding carboxylic acids is 2. The van der Waals surface area contributed by atoms with Gasteiger partial charge in [0.25, 0.3) is 5.91 Å². The predicted octanol–water partition coefficient (Wildman–Crippen LogP) is 6.48. The molecule has 2 atom stereocenters. The Morgan fingerprint density at radius 2 is 1.66 bits per heavy atom. The summed E-state index contributed by atoms with van der Waals surface area (Å²) in [6.45, 7) is 1.84. The van der Waals surface area contributed by atoms with Crippen LogP contribution in [-0.2, 0) is 9.59 Å². The Labute approximate surface area is 208 Å². The molecule has 0 spiro atoms. The number of hydrogen-bond acceptors (Lipinski definition) is 3. The molecule has 0 saturated carbocycles. The zero-order valence-corrected chi connectivity index (χ0v) is 19.9. The predicted molar refractivity (Wildman–Crippen MR) is 136 cm³/mol. The molecule has 0 aromatic heterocycles. The molecule has 1 aliphatic carbocycles. The van der Waals surface area contributed by atoms with Crippen molar-refractivity contribution in [3.05, 3.63) is 123 Å². The summed E-state index contributed by atoms with van der Waals surface area (Å²) in [6, 6.07) is 22.9. The third kappa shape index (κ3) is 4.52. The number of amides is 1. The lowest BCUT2D eigenvalue weighted by atomic mass is 9.71. The van der Waals surface area contributed by atoms with Gasteiger partial charge < -0.3 is 10.6 Å². The fourth-order valence-corrected chi connectivity index (χ4v) is 5.30. The molecule has 3 aromatic rings. The van der Waals surface area contributed by atoms with Crippen molar-refractivity contribution in [2.45, 2.75) is 31.6 Å². The lowest BCUT2D eigenvalue weighted by molar-refractivity contribution is -0.116. The number of benzene rings is 3. The van der Waals surface area contributed by atoms with E-state index in [-0.39, 0.29) is 23.4 Å². The molecule has 1 heterocycles. The van der Waals surface area contributed by atoms with E-state index < -0.39 is 5.92 Å². The zero-order valence-electron chi connectivity index (χ0n) is 19.1. The van der Waals surface area contributed by atoms with Gasteiger partial charge in [-0.2, -0.15) is 0 Å². The first-order chi connectivity index (χ1) is 16.9. The average Bonchev–Trinajstić information content (AvgIpc) is 2.85. The third-order valence-corrected chi connectivity index (χ3v) is 7.01. The fourth-order valence-electron chi connectivity index (χ4n) is 5.05. The maximum Gasteiger partial charge on any atom is 0.254 e. The summed E-state index contributed by atoms with van der Waals surface area (Å²) in [5, 5.41) is 6.71. The largest absolute Gasteiger partial charge is 0.362 e. The second-order valence-electron chi connectivity index (χ2n) is 8.91. The van der Waals surface area contributed by atoms with Crippen LogP contribution in [0.15, 0.2) is 101 Å². The molecule has 176 valence electrons. The van der Waals surface area contributed by atoms with Crippen LogP contribution in [-0.4, -0.2) is 11.7 Å². The lowest BCUT2D eigenvalue weighted by Gasteiger charge is -2.37. The third-order valence-electron chi connectivity index (χ3n) is 6.66. The van der Waals surface area contributed by atoms with Crippen LogP contribution in [0.5, 0.6) is 0 Å². The van der Waals surface area contributed by atoms with E-state index in [4.69, 9.17) is 11.6 Å². The van der Waals surface area contributed by atoms with Crippen LogP contribution < -0.4 is 10.6 Å². The van der Waals surface area contributed by atoms with Gasteiger partial charge in [-0.05, 0) is 60.7 Å². The van der Waals surface area contributed by atoms with Crippen molar-refractivity contribution in [1.82, 2.24) is 5.32 Å². The Hall–Kier alpha value is -3.70. The summed E-state index contributed by atoms with van der Waals surface area (Å²) in [5.74, 6) is -1.30. The molecule has 0 saturated heterocycles. The van der Waals surface area contributed by atoms with Gasteiger partial charge in [0.1, 0.15) is 5.82 Å². The quantitative estimate of drug-likeness (QED) is 0.443. The van der Waals surface area contributed by atoms with Crippen molar-refractivity contribution in [1.29, 1.82) is 0 Å². The van der Waals surface area contributed by atoms with E-state index >= 15 is 0 Å². The molecule has 4 nitrogen and oxygen atoms in total. The molecule has 0 unspecified atom stereocenters. The number of Topliss-reactive ketones (excluding diaryl/α,β-unsaturated/α-hetero) is 1. The van der Waals surface area contributed by atoms with Crippen molar-refractivity contribution in [2.24, 2.45) is 0 Å². The maximum atomic E-state index is 13.6. The standard InChI is InChI=1S/C29H24ClFN2O2/c1-17-26(29(35)33-21-13-11-20(31)12-14-21)27(22-9-5-6-10-23(22)30)28-24(32-17)15-19(16-25(28)34)18-7-3-2-4-8-18/h2-14,19,27,32H,15-16H2,1H3,(H,33,35)/t19-,27+/m0/s1. The van der Waals surface area contributed by atoms with Crippen LogP contribution in [0, 0.1) is 5.82 Å². The summed E-state index contributed by atoms with van der Waals surface area (Å²) in [7, 11) is 0. The summed E-state index contributed by atoms with van der Waals surface area (Å²) in [4.78, 5) is 27.2. The molecule has 6 heteroatoms. The molecule has 0 radical (unpaired) electrons. The minimum absolute atomic E-state index is 0.00268. The molecular weight excluding hydrogens is 463 g/mol. The number of hydrogen-bond donors (Lipinski definition) is 2. The topological polar surface area (TPSA) is 58.2 Å². The molecule has 1 amide bonds. The number of anilines is 1. The SMILES string of the molecule is CC1=C(C(=O)Nc2ccc(F)cc2)[C@@H](c2ccccc2Cl)C2=C(C[C@H](c3ccccc3)CC2=O)N1. The van der Waals surface area contributed by atoms with E-state index in [0.717, 1.165) is 11.3 Å².